The predicted molar refractivity (Wildman–Crippen MR) is 126 cm³/mol. The molecule has 7 heteroatoms. The largest absolute Gasteiger partial charge is 0.393 e. The Morgan fingerprint density at radius 2 is 1.38 bits per heavy atom. The molecule has 168 valence electrons. The standard InChI is InChI=1S/C27H18BrNO5/c1-14-6-8-15(9-7-14)22-20-21(26(33)34-25(20)32)27(29(22)17-12-10-16(28)11-13-17)23(30)18-4-2-3-5-19(18)24(27)31/h2-13,20-22H,1H3/t20-,21-,22+/m0/s1. The van der Waals surface area contributed by atoms with Gasteiger partial charge in [0, 0.05) is 21.3 Å². The van der Waals surface area contributed by atoms with E-state index in [0.717, 1.165) is 15.6 Å². The van der Waals surface area contributed by atoms with Crippen LogP contribution < -0.4 is 4.90 Å². The smallest absolute Gasteiger partial charge is 0.320 e. The van der Waals surface area contributed by atoms with Crippen molar-refractivity contribution in [3.63, 3.8) is 0 Å². The predicted octanol–water partition coefficient (Wildman–Crippen LogP) is 4.45. The minimum absolute atomic E-state index is 0.255. The van der Waals surface area contributed by atoms with Gasteiger partial charge in [-0.2, -0.15) is 0 Å². The molecular weight excluding hydrogens is 498 g/mol. The number of carbonyl (C=O) groups is 4. The molecule has 2 saturated heterocycles. The van der Waals surface area contributed by atoms with Crippen molar-refractivity contribution in [3.05, 3.63) is 99.5 Å². The lowest BCUT2D eigenvalue weighted by Gasteiger charge is -2.39. The molecule has 0 unspecified atom stereocenters. The summed E-state index contributed by atoms with van der Waals surface area (Å²) in [4.78, 5) is 56.2. The summed E-state index contributed by atoms with van der Waals surface area (Å²) < 4.78 is 5.89. The lowest BCUT2D eigenvalue weighted by molar-refractivity contribution is -0.154. The molecule has 3 aromatic rings. The topological polar surface area (TPSA) is 80.8 Å². The Morgan fingerprint density at radius 3 is 1.97 bits per heavy atom. The van der Waals surface area contributed by atoms with Crippen molar-refractivity contribution in [3.8, 4) is 0 Å². The Labute approximate surface area is 203 Å². The fraction of sp³-hybridized carbons (Fsp3) is 0.185. The van der Waals surface area contributed by atoms with E-state index in [4.69, 9.17) is 4.74 Å². The van der Waals surface area contributed by atoms with E-state index in [0.29, 0.717) is 5.69 Å². The first-order chi connectivity index (χ1) is 16.4. The zero-order valence-corrected chi connectivity index (χ0v) is 19.6. The van der Waals surface area contributed by atoms with Crippen molar-refractivity contribution in [2.45, 2.75) is 18.5 Å². The van der Waals surface area contributed by atoms with Crippen LogP contribution in [0.4, 0.5) is 5.69 Å². The minimum atomic E-state index is -1.90. The maximum absolute atomic E-state index is 14.1. The van der Waals surface area contributed by atoms with Crippen molar-refractivity contribution in [1.82, 2.24) is 0 Å². The van der Waals surface area contributed by atoms with E-state index in [-0.39, 0.29) is 11.1 Å². The van der Waals surface area contributed by atoms with E-state index in [1.54, 1.807) is 53.4 Å². The van der Waals surface area contributed by atoms with Crippen LogP contribution in [-0.4, -0.2) is 29.0 Å². The highest BCUT2D eigenvalue weighted by Crippen LogP contribution is 2.59. The summed E-state index contributed by atoms with van der Waals surface area (Å²) in [6.45, 7) is 1.95. The number of cyclic esters (lactones) is 2. The first kappa shape index (κ1) is 21.0. The van der Waals surface area contributed by atoms with Gasteiger partial charge in [-0.05, 0) is 36.8 Å². The average Bonchev–Trinajstić information content (AvgIpc) is 3.39. The van der Waals surface area contributed by atoms with Gasteiger partial charge >= 0.3 is 11.9 Å². The SMILES string of the molecule is Cc1ccc([C@@H]2[C@H]3C(=O)OC(=O)[C@H]3C3(C(=O)c4ccccc4C3=O)N2c2ccc(Br)cc2)cc1. The summed E-state index contributed by atoms with van der Waals surface area (Å²) >= 11 is 3.43. The van der Waals surface area contributed by atoms with Gasteiger partial charge in [-0.1, -0.05) is 70.0 Å². The van der Waals surface area contributed by atoms with Gasteiger partial charge in [-0.3, -0.25) is 19.2 Å². The lowest BCUT2D eigenvalue weighted by Crippen LogP contribution is -2.59. The summed E-state index contributed by atoms with van der Waals surface area (Å²) in [6, 6.07) is 20.6. The second-order valence-electron chi connectivity index (χ2n) is 8.92. The molecule has 0 N–H and O–H groups in total. The van der Waals surface area contributed by atoms with Gasteiger partial charge in [-0.25, -0.2) is 0 Å². The number of Topliss-reactive ketones (excluding diaryl/α,β-unsaturated/α-hetero) is 2. The molecule has 0 saturated carbocycles. The van der Waals surface area contributed by atoms with Crippen LogP contribution in [0.3, 0.4) is 0 Å². The molecule has 0 aromatic heterocycles. The number of halogens is 1. The fourth-order valence-electron chi connectivity index (χ4n) is 5.76. The first-order valence-electron chi connectivity index (χ1n) is 10.9. The van der Waals surface area contributed by atoms with Crippen molar-refractivity contribution < 1.29 is 23.9 Å². The number of anilines is 1. The molecule has 1 spiro atoms. The van der Waals surface area contributed by atoms with Gasteiger partial charge in [0.15, 0.2) is 17.1 Å². The number of aryl methyl sites for hydroxylation is 1. The Morgan fingerprint density at radius 1 is 0.794 bits per heavy atom. The number of benzene rings is 3. The van der Waals surface area contributed by atoms with Gasteiger partial charge in [0.05, 0.1) is 12.0 Å². The first-order valence-corrected chi connectivity index (χ1v) is 11.7. The van der Waals surface area contributed by atoms with Crippen LogP contribution in [-0.2, 0) is 14.3 Å². The number of ether oxygens (including phenoxy) is 1. The van der Waals surface area contributed by atoms with Gasteiger partial charge in [0.1, 0.15) is 5.92 Å². The minimum Gasteiger partial charge on any atom is -0.393 e. The molecule has 34 heavy (non-hydrogen) atoms. The average molecular weight is 516 g/mol. The quantitative estimate of drug-likeness (QED) is 0.370. The summed E-state index contributed by atoms with van der Waals surface area (Å²) in [7, 11) is 0. The summed E-state index contributed by atoms with van der Waals surface area (Å²) in [5.41, 5.74) is 0.923. The molecule has 2 heterocycles. The van der Waals surface area contributed by atoms with Gasteiger partial charge < -0.3 is 9.64 Å². The number of ketones is 2. The summed E-state index contributed by atoms with van der Waals surface area (Å²) in [5, 5.41) is 0. The number of nitrogens with zero attached hydrogens (tertiary/aromatic N) is 1. The third-order valence-electron chi connectivity index (χ3n) is 7.17. The van der Waals surface area contributed by atoms with Crippen LogP contribution >= 0.6 is 15.9 Å². The van der Waals surface area contributed by atoms with E-state index >= 15 is 0 Å². The van der Waals surface area contributed by atoms with E-state index < -0.39 is 46.9 Å². The van der Waals surface area contributed by atoms with Gasteiger partial charge in [0.2, 0.25) is 0 Å². The van der Waals surface area contributed by atoms with E-state index in [1.165, 1.54) is 0 Å². The molecule has 3 aromatic carbocycles. The zero-order chi connectivity index (χ0) is 23.8. The number of esters is 2. The summed E-state index contributed by atoms with van der Waals surface area (Å²) in [6.07, 6.45) is 0. The molecular formula is C27H18BrNO5. The third kappa shape index (κ3) is 2.56. The fourth-order valence-corrected chi connectivity index (χ4v) is 6.03. The molecule has 6 nitrogen and oxygen atoms in total. The second kappa shape index (κ2) is 7.21. The Hall–Kier alpha value is -3.58. The van der Waals surface area contributed by atoms with E-state index in [2.05, 4.69) is 15.9 Å². The van der Waals surface area contributed by atoms with Crippen molar-refractivity contribution in [1.29, 1.82) is 0 Å². The van der Waals surface area contributed by atoms with Crippen LogP contribution in [0.5, 0.6) is 0 Å². The number of carbonyl (C=O) groups excluding carboxylic acids is 4. The highest BCUT2D eigenvalue weighted by Gasteiger charge is 2.76. The van der Waals surface area contributed by atoms with Crippen LogP contribution in [0.25, 0.3) is 0 Å². The van der Waals surface area contributed by atoms with Crippen molar-refractivity contribution in [2.75, 3.05) is 4.90 Å². The zero-order valence-electron chi connectivity index (χ0n) is 18.0. The second-order valence-corrected chi connectivity index (χ2v) is 9.83. The van der Waals surface area contributed by atoms with Crippen LogP contribution in [0.1, 0.15) is 37.9 Å². The Kier molecular flexibility index (Phi) is 4.45. The number of rotatable bonds is 2. The molecule has 6 rings (SSSR count). The molecule has 2 aliphatic heterocycles. The molecule has 1 aliphatic carbocycles. The molecule has 0 radical (unpaired) electrons. The molecule has 0 bridgehead atoms. The highest BCUT2D eigenvalue weighted by atomic mass is 79.9. The van der Waals surface area contributed by atoms with Crippen LogP contribution in [0.15, 0.2) is 77.3 Å². The summed E-state index contributed by atoms with van der Waals surface area (Å²) in [5.74, 6) is -4.75. The number of hydrogen-bond acceptors (Lipinski definition) is 6. The van der Waals surface area contributed by atoms with Crippen LogP contribution in [0, 0.1) is 18.8 Å². The molecule has 3 atom stereocenters. The maximum atomic E-state index is 14.1. The van der Waals surface area contributed by atoms with E-state index in [9.17, 15) is 19.2 Å². The third-order valence-corrected chi connectivity index (χ3v) is 7.70. The normalized spacial score (nSPS) is 24.5. The maximum Gasteiger partial charge on any atom is 0.320 e. The molecule has 2 fully saturated rings. The lowest BCUT2D eigenvalue weighted by atomic mass is 9.76. The highest BCUT2D eigenvalue weighted by molar-refractivity contribution is 9.10. The monoisotopic (exact) mass is 515 g/mol. The number of fused-ring (bicyclic) bond motifs is 3. The molecule has 0 amide bonds. The van der Waals surface area contributed by atoms with E-state index in [1.807, 2.05) is 31.2 Å². The van der Waals surface area contributed by atoms with Gasteiger partial charge in [0.25, 0.3) is 0 Å². The molecule has 3 aliphatic rings. The Balaban J connectivity index is 1.68. The Bertz CT molecular complexity index is 1360. The van der Waals surface area contributed by atoms with Crippen LogP contribution in [0.2, 0.25) is 0 Å². The van der Waals surface area contributed by atoms with Crippen molar-refractivity contribution >= 4 is 45.1 Å². The van der Waals surface area contributed by atoms with Crippen molar-refractivity contribution in [2.24, 2.45) is 11.8 Å². The van der Waals surface area contributed by atoms with Gasteiger partial charge in [-0.15, -0.1) is 0 Å². The number of hydrogen-bond donors (Lipinski definition) is 0.